The molecule has 1 aromatic carbocycles. The predicted molar refractivity (Wildman–Crippen MR) is 113 cm³/mol. The molecule has 0 aliphatic carbocycles. The molecule has 0 radical (unpaired) electrons. The second-order valence-electron chi connectivity index (χ2n) is 7.20. The summed E-state index contributed by atoms with van der Waals surface area (Å²) < 4.78 is 5.77. The lowest BCUT2D eigenvalue weighted by atomic mass is 10.1. The molecular weight excluding hydrogens is 320 g/mol. The van der Waals surface area contributed by atoms with Crippen LogP contribution in [0.2, 0.25) is 0 Å². The zero-order valence-electron chi connectivity index (χ0n) is 16.9. The van der Waals surface area contributed by atoms with Crippen LogP contribution in [-0.2, 0) is 6.42 Å². The molecule has 2 heteroatoms. The number of unbranched alkanes of at least 4 members (excludes halogenated alkanes) is 10. The molecule has 0 saturated carbocycles. The van der Waals surface area contributed by atoms with E-state index in [2.05, 4.69) is 19.1 Å². The van der Waals surface area contributed by atoms with E-state index in [-0.39, 0.29) is 6.61 Å². The number of allylic oxidation sites excluding steroid dienone is 2. The zero-order valence-corrected chi connectivity index (χ0v) is 16.9. The van der Waals surface area contributed by atoms with Gasteiger partial charge in [0.2, 0.25) is 0 Å². The van der Waals surface area contributed by atoms with E-state index in [1.165, 1.54) is 70.6 Å². The van der Waals surface area contributed by atoms with E-state index >= 15 is 0 Å². The Morgan fingerprint density at radius 1 is 0.769 bits per heavy atom. The molecule has 0 aliphatic rings. The van der Waals surface area contributed by atoms with Crippen molar-refractivity contribution < 1.29 is 9.84 Å². The van der Waals surface area contributed by atoms with Gasteiger partial charge in [-0.2, -0.15) is 0 Å². The number of benzene rings is 1. The van der Waals surface area contributed by atoms with Gasteiger partial charge in [0.25, 0.3) is 0 Å². The molecule has 0 bridgehead atoms. The number of hydrogen-bond acceptors (Lipinski definition) is 2. The molecule has 0 amide bonds. The van der Waals surface area contributed by atoms with Crippen molar-refractivity contribution in [2.45, 2.75) is 90.4 Å². The van der Waals surface area contributed by atoms with Crippen LogP contribution >= 0.6 is 0 Å². The van der Waals surface area contributed by atoms with Gasteiger partial charge in [0.1, 0.15) is 5.75 Å². The van der Waals surface area contributed by atoms with Crippen molar-refractivity contribution in [2.75, 3.05) is 13.2 Å². The van der Waals surface area contributed by atoms with E-state index in [1.807, 2.05) is 24.3 Å². The first-order valence-corrected chi connectivity index (χ1v) is 10.8. The standard InChI is InChI=1S/C24H40O2/c1-2-3-4-5-6-7-8-9-10-11-12-13-14-15-22-26-24-18-16-23(17-19-24)20-21-25/h7-8,16-19,25H,2-6,9-15,20-22H2,1H3/b8-7-. The SMILES string of the molecule is CCCCCC/C=C\CCCCCCCCOc1ccc(CCO)cc1. The van der Waals surface area contributed by atoms with Gasteiger partial charge in [-0.05, 0) is 56.2 Å². The van der Waals surface area contributed by atoms with Crippen LogP contribution in [0.3, 0.4) is 0 Å². The van der Waals surface area contributed by atoms with E-state index in [0.29, 0.717) is 0 Å². The molecule has 0 aromatic heterocycles. The Labute approximate surface area is 161 Å². The quantitative estimate of drug-likeness (QED) is 0.243. The molecule has 1 aromatic rings. The number of hydrogen-bond donors (Lipinski definition) is 1. The third-order valence-corrected chi connectivity index (χ3v) is 4.75. The second-order valence-corrected chi connectivity index (χ2v) is 7.20. The maximum Gasteiger partial charge on any atom is 0.119 e. The molecular formula is C24H40O2. The number of aliphatic hydroxyl groups excluding tert-OH is 1. The average Bonchev–Trinajstić information content (AvgIpc) is 2.66. The van der Waals surface area contributed by atoms with Crippen LogP contribution in [0.1, 0.15) is 89.5 Å². The Kier molecular flexibility index (Phi) is 15.0. The van der Waals surface area contributed by atoms with Gasteiger partial charge in [0, 0.05) is 6.61 Å². The summed E-state index contributed by atoms with van der Waals surface area (Å²) in [4.78, 5) is 0. The number of ether oxygens (including phenoxy) is 1. The third kappa shape index (κ3) is 13.0. The highest BCUT2D eigenvalue weighted by atomic mass is 16.5. The number of aliphatic hydroxyl groups is 1. The van der Waals surface area contributed by atoms with Gasteiger partial charge in [-0.25, -0.2) is 0 Å². The van der Waals surface area contributed by atoms with Gasteiger partial charge in [-0.15, -0.1) is 0 Å². The normalized spacial score (nSPS) is 11.3. The van der Waals surface area contributed by atoms with Crippen molar-refractivity contribution in [2.24, 2.45) is 0 Å². The molecule has 0 saturated heterocycles. The first kappa shape index (κ1) is 22.8. The molecule has 0 atom stereocenters. The summed E-state index contributed by atoms with van der Waals surface area (Å²) in [6.07, 6.45) is 21.2. The molecule has 0 aliphatic heterocycles. The summed E-state index contributed by atoms with van der Waals surface area (Å²) >= 11 is 0. The van der Waals surface area contributed by atoms with Crippen molar-refractivity contribution in [1.82, 2.24) is 0 Å². The van der Waals surface area contributed by atoms with Crippen molar-refractivity contribution in [3.63, 3.8) is 0 Å². The average molecular weight is 361 g/mol. The predicted octanol–water partition coefficient (Wildman–Crippen LogP) is 6.86. The lowest BCUT2D eigenvalue weighted by Gasteiger charge is -2.07. The topological polar surface area (TPSA) is 29.5 Å². The largest absolute Gasteiger partial charge is 0.494 e. The first-order valence-electron chi connectivity index (χ1n) is 10.8. The van der Waals surface area contributed by atoms with Gasteiger partial charge >= 0.3 is 0 Å². The summed E-state index contributed by atoms with van der Waals surface area (Å²) in [6.45, 7) is 3.28. The zero-order chi connectivity index (χ0) is 18.7. The van der Waals surface area contributed by atoms with Crippen LogP contribution in [0.15, 0.2) is 36.4 Å². The first-order chi connectivity index (χ1) is 12.9. The van der Waals surface area contributed by atoms with E-state index in [1.54, 1.807) is 0 Å². The summed E-state index contributed by atoms with van der Waals surface area (Å²) in [7, 11) is 0. The van der Waals surface area contributed by atoms with Crippen molar-refractivity contribution in [3.8, 4) is 5.75 Å². The highest BCUT2D eigenvalue weighted by Crippen LogP contribution is 2.14. The minimum Gasteiger partial charge on any atom is -0.494 e. The van der Waals surface area contributed by atoms with Crippen LogP contribution in [0.25, 0.3) is 0 Å². The molecule has 1 N–H and O–H groups in total. The Balaban J connectivity index is 1.85. The Morgan fingerprint density at radius 2 is 1.35 bits per heavy atom. The van der Waals surface area contributed by atoms with E-state index in [9.17, 15) is 0 Å². The fraction of sp³-hybridized carbons (Fsp3) is 0.667. The molecule has 2 nitrogen and oxygen atoms in total. The molecule has 0 heterocycles. The summed E-state index contributed by atoms with van der Waals surface area (Å²) in [5, 5.41) is 8.91. The summed E-state index contributed by atoms with van der Waals surface area (Å²) in [6, 6.07) is 8.07. The third-order valence-electron chi connectivity index (χ3n) is 4.75. The monoisotopic (exact) mass is 360 g/mol. The number of rotatable bonds is 17. The lowest BCUT2D eigenvalue weighted by Crippen LogP contribution is -1.98. The Morgan fingerprint density at radius 3 is 1.96 bits per heavy atom. The van der Waals surface area contributed by atoms with Crippen LogP contribution in [-0.4, -0.2) is 18.3 Å². The van der Waals surface area contributed by atoms with Crippen LogP contribution in [0.4, 0.5) is 0 Å². The highest BCUT2D eigenvalue weighted by Gasteiger charge is 1.96. The van der Waals surface area contributed by atoms with Gasteiger partial charge in [-0.3, -0.25) is 0 Å². The van der Waals surface area contributed by atoms with Crippen molar-refractivity contribution in [1.29, 1.82) is 0 Å². The van der Waals surface area contributed by atoms with Crippen LogP contribution < -0.4 is 4.74 Å². The molecule has 26 heavy (non-hydrogen) atoms. The van der Waals surface area contributed by atoms with Gasteiger partial charge in [0.15, 0.2) is 0 Å². The maximum atomic E-state index is 8.91. The second kappa shape index (κ2) is 17.1. The Hall–Kier alpha value is -1.28. The van der Waals surface area contributed by atoms with Gasteiger partial charge in [0.05, 0.1) is 6.61 Å². The van der Waals surface area contributed by atoms with Crippen LogP contribution in [0.5, 0.6) is 5.75 Å². The minimum atomic E-state index is 0.204. The minimum absolute atomic E-state index is 0.204. The Bertz CT molecular complexity index is 436. The van der Waals surface area contributed by atoms with Gasteiger partial charge in [-0.1, -0.05) is 76.2 Å². The van der Waals surface area contributed by atoms with E-state index < -0.39 is 0 Å². The molecule has 0 spiro atoms. The summed E-state index contributed by atoms with van der Waals surface area (Å²) in [5.74, 6) is 0.938. The molecule has 0 fully saturated rings. The van der Waals surface area contributed by atoms with Crippen molar-refractivity contribution >= 4 is 0 Å². The lowest BCUT2D eigenvalue weighted by molar-refractivity contribution is 0.298. The van der Waals surface area contributed by atoms with Gasteiger partial charge < -0.3 is 9.84 Å². The van der Waals surface area contributed by atoms with E-state index in [0.717, 1.165) is 30.8 Å². The smallest absolute Gasteiger partial charge is 0.119 e. The fourth-order valence-corrected chi connectivity index (χ4v) is 3.07. The maximum absolute atomic E-state index is 8.91. The molecule has 1 rings (SSSR count). The van der Waals surface area contributed by atoms with Crippen molar-refractivity contribution in [3.05, 3.63) is 42.0 Å². The molecule has 148 valence electrons. The molecule has 0 unspecified atom stereocenters. The highest BCUT2D eigenvalue weighted by molar-refractivity contribution is 5.27. The summed E-state index contributed by atoms with van der Waals surface area (Å²) in [5.41, 5.74) is 1.16. The van der Waals surface area contributed by atoms with Crippen LogP contribution in [0, 0.1) is 0 Å². The van der Waals surface area contributed by atoms with E-state index in [4.69, 9.17) is 9.84 Å². The fourth-order valence-electron chi connectivity index (χ4n) is 3.07.